The molecule has 4 heterocycles. The van der Waals surface area contributed by atoms with Gasteiger partial charge in [0.2, 0.25) is 0 Å². The summed E-state index contributed by atoms with van der Waals surface area (Å²) >= 11 is 0. The standard InChI is InChI=1S/2C68H38O2/c1-3-13-41-35-43(25-23-39(41)11-1)57-37-59(45-31-33-63-65-49(45)17-9-19-51(65)47-15-5-7-21-61(47)69-63)55-30-28-54-58(44-26-24-40-12-2-4-14-42(40)36-44)38-60(56-29-27-53(57)67(55)68(54)56)46-32-34-64-66-50(46)18-10-20-52(66)48-16-6-8-22-62(48)70-64;1-3-12-42-34-44(24-22-39(42)10-1)57-37-58(46-26-27-49-51-17-7-14-41-15-8-20-62(65(41)51)70-64(49)36-46)54-30-31-55-59(45-25-23-40-11-2-4-13-43(40)35-45)38-60(56-33-32-53(57)67(54)68(55)56)47-28-29-52-48-16-5-6-19-61(48)69-63-21-9-18-50(47)66(52)63/h2*1-38H. The minimum absolute atomic E-state index is 0.872. The van der Waals surface area contributed by atoms with Crippen LogP contribution in [0.3, 0.4) is 0 Å². The maximum absolute atomic E-state index is 6.83. The van der Waals surface area contributed by atoms with Crippen LogP contribution in [0.15, 0.2) is 461 Å². The van der Waals surface area contributed by atoms with Crippen molar-refractivity contribution in [3.05, 3.63) is 461 Å². The zero-order valence-corrected chi connectivity index (χ0v) is 75.5. The first-order chi connectivity index (χ1) is 69.4. The van der Waals surface area contributed by atoms with Gasteiger partial charge in [-0.3, -0.25) is 0 Å². The van der Waals surface area contributed by atoms with Crippen molar-refractivity contribution < 1.29 is 18.9 Å². The van der Waals surface area contributed by atoms with Gasteiger partial charge in [0, 0.05) is 43.8 Å². The van der Waals surface area contributed by atoms with Crippen LogP contribution in [-0.2, 0) is 0 Å². The Bertz CT molecular complexity index is 10100. The smallest absolute Gasteiger partial charge is 0.135 e. The van der Waals surface area contributed by atoms with Crippen LogP contribution in [0.25, 0.3) is 284 Å². The molecular formula is C136H76O4. The summed E-state index contributed by atoms with van der Waals surface area (Å²) in [4.78, 5) is 0. The van der Waals surface area contributed by atoms with Gasteiger partial charge in [-0.1, -0.05) is 358 Å². The highest BCUT2D eigenvalue weighted by Gasteiger charge is 2.32. The van der Waals surface area contributed by atoms with Gasteiger partial charge >= 0.3 is 0 Å². The maximum atomic E-state index is 6.83. The second-order valence-corrected chi connectivity index (χ2v) is 38.1. The fourth-order valence-corrected chi connectivity index (χ4v) is 24.5. The average molecular weight is 1770 g/mol. The van der Waals surface area contributed by atoms with E-state index in [9.17, 15) is 0 Å². The van der Waals surface area contributed by atoms with E-state index in [-0.39, 0.29) is 0 Å². The third-order valence-electron chi connectivity index (χ3n) is 30.8. The fourth-order valence-electron chi connectivity index (χ4n) is 24.5. The van der Waals surface area contributed by atoms with Crippen LogP contribution >= 0.6 is 0 Å². The Kier molecular flexibility index (Phi) is 16.2. The molecule has 0 saturated carbocycles. The van der Waals surface area contributed by atoms with Gasteiger partial charge in [-0.05, 0) is 344 Å². The largest absolute Gasteiger partial charge is 0.456 e. The van der Waals surface area contributed by atoms with E-state index < -0.39 is 0 Å². The van der Waals surface area contributed by atoms with E-state index in [4.69, 9.17) is 18.9 Å². The predicted octanol–water partition coefficient (Wildman–Crippen LogP) is 38.8. The molecule has 4 heteroatoms. The summed E-state index contributed by atoms with van der Waals surface area (Å²) in [6.45, 7) is 0. The number of benzene rings is 28. The Morgan fingerprint density at radius 3 is 0.700 bits per heavy atom. The maximum Gasteiger partial charge on any atom is 0.135 e. The number of para-hydroxylation sites is 3. The highest BCUT2D eigenvalue weighted by Crippen LogP contribution is 2.60. The number of rotatable bonds is 8. The molecule has 0 N–H and O–H groups in total. The van der Waals surface area contributed by atoms with E-state index in [0.717, 1.165) is 95.4 Å². The minimum atomic E-state index is 0.872. The molecule has 4 aliphatic heterocycles. The zero-order chi connectivity index (χ0) is 91.2. The van der Waals surface area contributed by atoms with E-state index in [1.807, 2.05) is 18.2 Å². The first-order valence-corrected chi connectivity index (χ1v) is 48.3. The van der Waals surface area contributed by atoms with Gasteiger partial charge in [0.05, 0.1) is 0 Å². The van der Waals surface area contributed by atoms with Gasteiger partial charge in [-0.15, -0.1) is 0 Å². The van der Waals surface area contributed by atoms with Crippen molar-refractivity contribution in [2.45, 2.75) is 0 Å². The van der Waals surface area contributed by atoms with Gasteiger partial charge in [0.15, 0.2) is 0 Å². The molecule has 28 aromatic carbocycles. The fraction of sp³-hybridized carbons (Fsp3) is 0. The third kappa shape index (κ3) is 11.4. The van der Waals surface area contributed by atoms with E-state index >= 15 is 0 Å². The van der Waals surface area contributed by atoms with Gasteiger partial charge in [0.25, 0.3) is 0 Å². The van der Waals surface area contributed by atoms with Crippen molar-refractivity contribution in [2.24, 2.45) is 0 Å². The van der Waals surface area contributed by atoms with Crippen LogP contribution in [0.5, 0.6) is 46.0 Å². The molecule has 0 unspecified atom stereocenters. The van der Waals surface area contributed by atoms with Gasteiger partial charge in [-0.25, -0.2) is 0 Å². The SMILES string of the molecule is c1ccc2c(c1)Oc1ccc(-c3cc(-c4ccc5ccccc5c4)c4ccc5c(-c6ccc7c8c(cccc68)-c6ccccc6O7)cc(-c6ccc7ccccc7c6)c6ccc3c4c65)c3cccc-2c13.c1ccc2c(c1)Oc1cccc3c(-c4cc(-c5ccc6ccccc6c5)c5ccc6c(-c7ccc8c(c7)Oc7cccc9cccc-8c79)cc(-c7ccc8ccccc8c7)c7ccc4c5c67)ccc-2c13. The first-order valence-electron chi connectivity index (χ1n) is 48.3. The van der Waals surface area contributed by atoms with Crippen molar-refractivity contribution in [1.82, 2.24) is 0 Å². The van der Waals surface area contributed by atoms with Gasteiger partial charge in [0.1, 0.15) is 46.0 Å². The molecular weight excluding hydrogens is 1700 g/mol. The Morgan fingerprint density at radius 2 is 0.314 bits per heavy atom. The van der Waals surface area contributed by atoms with Crippen LogP contribution in [0.4, 0.5) is 0 Å². The average Bonchev–Trinajstić information content (AvgIpc) is 0.698. The molecule has 644 valence electrons. The summed E-state index contributed by atoms with van der Waals surface area (Å²) in [6, 6.07) is 170. The van der Waals surface area contributed by atoms with Crippen LogP contribution in [0.2, 0.25) is 0 Å². The Hall–Kier alpha value is -18.5. The van der Waals surface area contributed by atoms with Gasteiger partial charge < -0.3 is 18.9 Å². The quantitative estimate of drug-likeness (QED) is 0.142. The second-order valence-electron chi connectivity index (χ2n) is 38.1. The summed E-state index contributed by atoms with van der Waals surface area (Å²) in [5.41, 5.74) is 28.3. The molecule has 0 spiro atoms. The number of fused-ring (bicyclic) bond motifs is 12. The van der Waals surface area contributed by atoms with Crippen molar-refractivity contribution >= 4 is 151 Å². The Morgan fingerprint density at radius 1 is 0.0929 bits per heavy atom. The Balaban J connectivity index is 0.000000129. The normalized spacial score (nSPS) is 12.5. The van der Waals surface area contributed by atoms with Crippen LogP contribution in [0, 0.1) is 0 Å². The highest BCUT2D eigenvalue weighted by molar-refractivity contribution is 6.36. The molecule has 0 bridgehead atoms. The number of ether oxygens (including phenoxy) is 4. The predicted molar refractivity (Wildman–Crippen MR) is 586 cm³/mol. The van der Waals surface area contributed by atoms with Crippen molar-refractivity contribution in [2.75, 3.05) is 0 Å². The molecule has 4 nitrogen and oxygen atoms in total. The molecule has 0 fully saturated rings. The van der Waals surface area contributed by atoms with E-state index in [2.05, 4.69) is 443 Å². The lowest BCUT2D eigenvalue weighted by Gasteiger charge is -2.25. The molecule has 28 aromatic rings. The number of hydrogen-bond acceptors (Lipinski definition) is 4. The van der Waals surface area contributed by atoms with Crippen LogP contribution in [0.1, 0.15) is 0 Å². The van der Waals surface area contributed by atoms with E-state index in [1.165, 1.54) is 235 Å². The first kappa shape index (κ1) is 76.9. The molecule has 140 heavy (non-hydrogen) atoms. The van der Waals surface area contributed by atoms with E-state index in [1.54, 1.807) is 0 Å². The molecule has 0 aliphatic carbocycles. The lowest BCUT2D eigenvalue weighted by atomic mass is 9.80. The summed E-state index contributed by atoms with van der Waals surface area (Å²) in [7, 11) is 0. The lowest BCUT2D eigenvalue weighted by Crippen LogP contribution is -1.99. The molecule has 0 atom stereocenters. The zero-order valence-electron chi connectivity index (χ0n) is 75.5. The molecule has 0 aromatic heterocycles. The van der Waals surface area contributed by atoms with Crippen molar-refractivity contribution in [3.8, 4) is 180 Å². The summed E-state index contributed by atoms with van der Waals surface area (Å²) < 4.78 is 26.8. The van der Waals surface area contributed by atoms with Gasteiger partial charge in [-0.2, -0.15) is 0 Å². The highest BCUT2D eigenvalue weighted by atomic mass is 16.5. The molecule has 0 radical (unpaired) electrons. The third-order valence-corrected chi connectivity index (χ3v) is 30.8. The van der Waals surface area contributed by atoms with Crippen LogP contribution in [-0.4, -0.2) is 0 Å². The Labute approximate surface area is 804 Å². The number of hydrogen-bond donors (Lipinski definition) is 0. The summed E-state index contributed by atoms with van der Waals surface area (Å²) in [5.74, 6) is 7.11. The minimum Gasteiger partial charge on any atom is -0.456 e. The molecule has 0 amide bonds. The molecule has 0 saturated heterocycles. The van der Waals surface area contributed by atoms with Crippen molar-refractivity contribution in [1.29, 1.82) is 0 Å². The van der Waals surface area contributed by atoms with Crippen molar-refractivity contribution in [3.63, 3.8) is 0 Å². The summed E-state index contributed by atoms with van der Waals surface area (Å²) in [6.07, 6.45) is 0. The topological polar surface area (TPSA) is 36.9 Å². The van der Waals surface area contributed by atoms with E-state index in [0.29, 0.717) is 0 Å². The molecule has 4 aliphatic rings. The lowest BCUT2D eigenvalue weighted by molar-refractivity contribution is 0.487. The second kappa shape index (κ2) is 29.5. The monoisotopic (exact) mass is 1770 g/mol. The van der Waals surface area contributed by atoms with Crippen LogP contribution < -0.4 is 18.9 Å². The summed E-state index contributed by atoms with van der Waals surface area (Å²) in [5, 5.41) is 33.9. The molecule has 32 rings (SSSR count).